The van der Waals surface area contributed by atoms with E-state index in [0.29, 0.717) is 7.18 Å². The van der Waals surface area contributed by atoms with Crippen LogP contribution in [0.1, 0.15) is 32.6 Å². The van der Waals surface area contributed by atoms with E-state index in [9.17, 15) is 26.3 Å². The van der Waals surface area contributed by atoms with Crippen molar-refractivity contribution in [1.29, 1.82) is 0 Å². The van der Waals surface area contributed by atoms with Gasteiger partial charge in [-0.25, -0.2) is 22.0 Å². The highest BCUT2D eigenvalue weighted by Gasteiger charge is 2.67. The molecule has 0 aromatic rings. The van der Waals surface area contributed by atoms with Crippen molar-refractivity contribution in [2.24, 2.45) is 0 Å². The van der Waals surface area contributed by atoms with Crippen LogP contribution >= 0.6 is 0 Å². The van der Waals surface area contributed by atoms with E-state index < -0.39 is 30.4 Å². The van der Waals surface area contributed by atoms with Gasteiger partial charge in [-0.05, 0) is 19.3 Å². The zero-order valence-electron chi connectivity index (χ0n) is 8.60. The number of hydrogen-bond acceptors (Lipinski definition) is 0. The first kappa shape index (κ1) is 14.6. The van der Waals surface area contributed by atoms with Crippen LogP contribution in [0.15, 0.2) is 0 Å². The molecule has 0 spiro atoms. The van der Waals surface area contributed by atoms with Gasteiger partial charge in [0.15, 0.2) is 0 Å². The molecule has 0 aromatic heterocycles. The normalized spacial score (nSPS) is 30.4. The van der Waals surface area contributed by atoms with Gasteiger partial charge in [0, 0.05) is 13.3 Å². The van der Waals surface area contributed by atoms with E-state index in [2.05, 4.69) is 0 Å². The largest absolute Gasteiger partial charge is 0.287 e. The van der Waals surface area contributed by atoms with Crippen LogP contribution in [-0.4, -0.2) is 24.7 Å². The highest BCUT2D eigenvalue weighted by atomic mass is 19.3. The molecule has 1 unspecified atom stereocenters. The van der Waals surface area contributed by atoms with E-state index >= 15 is 0 Å². The molecule has 15 heavy (non-hydrogen) atoms. The van der Waals surface area contributed by atoms with Gasteiger partial charge in [0.25, 0.3) is 11.8 Å². The van der Waals surface area contributed by atoms with Gasteiger partial charge in [0.2, 0.25) is 5.67 Å². The molecule has 1 rings (SSSR count). The second-order valence-corrected chi connectivity index (χ2v) is 3.60. The molecule has 0 bridgehead atoms. The molecule has 92 valence electrons. The summed E-state index contributed by atoms with van der Waals surface area (Å²) in [5.74, 6) is -7.87. The quantitative estimate of drug-likeness (QED) is 0.600. The molecule has 1 atom stereocenters. The summed E-state index contributed by atoms with van der Waals surface area (Å²) in [7, 11) is 0.500. The van der Waals surface area contributed by atoms with Crippen LogP contribution in [0.4, 0.5) is 26.3 Å². The smallest absolute Gasteiger partial charge is 0.255 e. The molecule has 1 aliphatic carbocycles. The summed E-state index contributed by atoms with van der Waals surface area (Å²) in [4.78, 5) is 0. The van der Waals surface area contributed by atoms with E-state index in [1.54, 1.807) is 0 Å². The Morgan fingerprint density at radius 2 is 1.33 bits per heavy atom. The van der Waals surface area contributed by atoms with Gasteiger partial charge >= 0.3 is 0 Å². The fourth-order valence-electron chi connectivity index (χ4n) is 1.64. The summed E-state index contributed by atoms with van der Waals surface area (Å²) < 4.78 is 73.9. The van der Waals surface area contributed by atoms with E-state index in [1.165, 1.54) is 0 Å². The van der Waals surface area contributed by atoms with Crippen LogP contribution in [0.5, 0.6) is 0 Å². The lowest BCUT2D eigenvalue weighted by Crippen LogP contribution is -2.57. The molecule has 1 saturated carbocycles. The van der Waals surface area contributed by atoms with Crippen molar-refractivity contribution in [3.05, 3.63) is 0 Å². The Hall–Kier alpha value is -0.420. The second kappa shape index (κ2) is 4.61. The van der Waals surface area contributed by atoms with Crippen molar-refractivity contribution in [2.45, 2.75) is 50.1 Å². The third-order valence-electron chi connectivity index (χ3n) is 2.54. The maximum Gasteiger partial charge on any atom is 0.287 e. The lowest BCUT2D eigenvalue weighted by Gasteiger charge is -2.40. The van der Waals surface area contributed by atoms with E-state index in [-0.39, 0.29) is 19.8 Å². The topological polar surface area (TPSA) is 0 Å². The maximum absolute atomic E-state index is 13.4. The lowest BCUT2D eigenvalue weighted by atomic mass is 9.79. The van der Waals surface area contributed by atoms with Crippen molar-refractivity contribution >= 4 is 0 Å². The van der Waals surface area contributed by atoms with E-state index in [1.807, 2.05) is 0 Å². The van der Waals surface area contributed by atoms with Gasteiger partial charge in [0.1, 0.15) is 0 Å². The molecule has 1 aliphatic rings. The molecule has 0 nitrogen and oxygen atoms in total. The van der Waals surface area contributed by atoms with Crippen LogP contribution in [0.3, 0.4) is 0 Å². The molecular formula is C9H14F6. The van der Waals surface area contributed by atoms with Crippen molar-refractivity contribution in [1.82, 2.24) is 0 Å². The highest BCUT2D eigenvalue weighted by Crippen LogP contribution is 2.52. The Bertz CT molecular complexity index is 197. The average Bonchev–Trinajstić information content (AvgIpc) is 2.12. The highest BCUT2D eigenvalue weighted by molar-refractivity contribution is 5.04. The van der Waals surface area contributed by atoms with Crippen LogP contribution in [0, 0.1) is 0 Å². The number of rotatable bonds is 1. The minimum atomic E-state index is -3.98. The van der Waals surface area contributed by atoms with Crippen molar-refractivity contribution in [2.75, 3.05) is 7.18 Å². The van der Waals surface area contributed by atoms with Gasteiger partial charge < -0.3 is 0 Å². The fraction of sp³-hybridized carbons (Fsp3) is 1.00. The molecule has 0 heterocycles. The van der Waals surface area contributed by atoms with E-state index in [4.69, 9.17) is 0 Å². The fourth-order valence-corrected chi connectivity index (χ4v) is 1.64. The Balaban J connectivity index is 0.000000921. The maximum atomic E-state index is 13.4. The predicted octanol–water partition coefficient (Wildman–Crippen LogP) is 4.14. The lowest BCUT2D eigenvalue weighted by molar-refractivity contribution is -0.255. The zero-order chi connectivity index (χ0) is 12.3. The molecular weight excluding hydrogens is 222 g/mol. The Morgan fingerprint density at radius 3 is 1.60 bits per heavy atom. The van der Waals surface area contributed by atoms with Crippen LogP contribution in [0.25, 0.3) is 0 Å². The Kier molecular flexibility index (Phi) is 4.49. The van der Waals surface area contributed by atoms with Crippen LogP contribution in [0.2, 0.25) is 0 Å². The third kappa shape index (κ3) is 2.58. The average molecular weight is 236 g/mol. The molecule has 0 N–H and O–H groups in total. The molecule has 6 heteroatoms. The van der Waals surface area contributed by atoms with Gasteiger partial charge in [-0.2, -0.15) is 0 Å². The minimum Gasteiger partial charge on any atom is -0.255 e. The van der Waals surface area contributed by atoms with Crippen molar-refractivity contribution < 1.29 is 26.3 Å². The summed E-state index contributed by atoms with van der Waals surface area (Å²) in [5, 5.41) is 0. The molecule has 0 saturated heterocycles. The first-order valence-electron chi connectivity index (χ1n) is 4.53. The molecule has 0 radical (unpaired) electrons. The van der Waals surface area contributed by atoms with Crippen LogP contribution < -0.4 is 0 Å². The van der Waals surface area contributed by atoms with Gasteiger partial charge in [-0.15, -0.1) is 0 Å². The summed E-state index contributed by atoms with van der Waals surface area (Å²) in [6, 6.07) is 0. The van der Waals surface area contributed by atoms with Gasteiger partial charge in [-0.3, -0.25) is 4.39 Å². The summed E-state index contributed by atoms with van der Waals surface area (Å²) in [6.07, 6.45) is -1.35. The molecule has 0 amide bonds. The summed E-state index contributed by atoms with van der Waals surface area (Å²) >= 11 is 0. The van der Waals surface area contributed by atoms with Crippen molar-refractivity contribution in [3.8, 4) is 0 Å². The Morgan fingerprint density at radius 1 is 0.933 bits per heavy atom. The SMILES string of the molecule is CC(F)(F)C1(F)CCCCC1(F)F.CF. The standard InChI is InChI=1S/C8H11F5.CH3F/c1-6(9,10)7(11)4-2-3-5-8(7,12)13;1-2/h2-5H2,1H3;1H3. The predicted molar refractivity (Wildman–Crippen MR) is 44.9 cm³/mol. The zero-order valence-corrected chi connectivity index (χ0v) is 8.60. The second-order valence-electron chi connectivity index (χ2n) is 3.60. The molecule has 1 fully saturated rings. The number of halogens is 6. The Labute approximate surface area is 84.7 Å². The molecule has 0 aliphatic heterocycles. The van der Waals surface area contributed by atoms with Gasteiger partial charge in [0.05, 0.1) is 7.18 Å². The molecule has 0 aromatic carbocycles. The monoisotopic (exact) mass is 236 g/mol. The third-order valence-corrected chi connectivity index (χ3v) is 2.54. The first-order chi connectivity index (χ1) is 6.71. The first-order valence-corrected chi connectivity index (χ1v) is 4.53. The van der Waals surface area contributed by atoms with Crippen LogP contribution in [-0.2, 0) is 0 Å². The minimum absolute atomic E-state index is 0.0928. The number of alkyl halides is 6. The summed E-state index contributed by atoms with van der Waals surface area (Å²) in [6.45, 7) is 0.215. The summed E-state index contributed by atoms with van der Waals surface area (Å²) in [5.41, 5.74) is -3.65. The number of hydrogen-bond donors (Lipinski definition) is 0. The van der Waals surface area contributed by atoms with Crippen molar-refractivity contribution in [3.63, 3.8) is 0 Å². The van der Waals surface area contributed by atoms with E-state index in [0.717, 1.165) is 0 Å². The van der Waals surface area contributed by atoms with Gasteiger partial charge in [-0.1, -0.05) is 0 Å².